The molecule has 78 valence electrons. The van der Waals surface area contributed by atoms with E-state index in [1.54, 1.807) is 11.3 Å². The Labute approximate surface area is 89.8 Å². The van der Waals surface area contributed by atoms with E-state index < -0.39 is 5.60 Å². The molecule has 1 nitrogen and oxygen atoms in total. The van der Waals surface area contributed by atoms with Crippen molar-refractivity contribution >= 4 is 11.3 Å². The van der Waals surface area contributed by atoms with Gasteiger partial charge in [0.25, 0.3) is 0 Å². The third-order valence-corrected chi connectivity index (χ3v) is 4.64. The first-order chi connectivity index (χ1) is 6.53. The smallest absolute Gasteiger partial charge is 0.0996 e. The zero-order valence-corrected chi connectivity index (χ0v) is 9.90. The van der Waals surface area contributed by atoms with E-state index in [4.69, 9.17) is 0 Å². The van der Waals surface area contributed by atoms with Crippen molar-refractivity contribution in [3.8, 4) is 0 Å². The average molecular weight is 210 g/mol. The van der Waals surface area contributed by atoms with E-state index in [-0.39, 0.29) is 0 Å². The van der Waals surface area contributed by atoms with Gasteiger partial charge in [0.15, 0.2) is 0 Å². The van der Waals surface area contributed by atoms with Gasteiger partial charge in [-0.05, 0) is 48.6 Å². The highest BCUT2D eigenvalue weighted by molar-refractivity contribution is 7.10. The summed E-state index contributed by atoms with van der Waals surface area (Å²) in [6.07, 6.45) is 1.90. The predicted molar refractivity (Wildman–Crippen MR) is 60.5 cm³/mol. The summed E-state index contributed by atoms with van der Waals surface area (Å²) >= 11 is 1.70. The van der Waals surface area contributed by atoms with E-state index in [2.05, 4.69) is 32.2 Å². The molecule has 1 saturated carbocycles. The van der Waals surface area contributed by atoms with Gasteiger partial charge in [0.05, 0.1) is 5.60 Å². The van der Waals surface area contributed by atoms with E-state index in [1.165, 1.54) is 10.4 Å². The zero-order chi connectivity index (χ0) is 10.3. The van der Waals surface area contributed by atoms with Crippen molar-refractivity contribution in [1.82, 2.24) is 0 Å². The maximum absolute atomic E-state index is 10.4. The quantitative estimate of drug-likeness (QED) is 0.794. The molecule has 0 unspecified atom stereocenters. The van der Waals surface area contributed by atoms with Crippen LogP contribution in [0, 0.1) is 18.8 Å². The van der Waals surface area contributed by atoms with Crippen LogP contribution in [0.5, 0.6) is 0 Å². The summed E-state index contributed by atoms with van der Waals surface area (Å²) in [6.45, 7) is 6.57. The minimum absolute atomic E-state index is 0.493. The van der Waals surface area contributed by atoms with Gasteiger partial charge in [-0.3, -0.25) is 0 Å². The molecule has 1 aliphatic carbocycles. The zero-order valence-electron chi connectivity index (χ0n) is 9.08. The Hall–Kier alpha value is -0.340. The van der Waals surface area contributed by atoms with Crippen LogP contribution in [0.2, 0.25) is 0 Å². The number of rotatable bonds is 2. The Morgan fingerprint density at radius 3 is 2.57 bits per heavy atom. The SMILES string of the molecule is Cc1ccsc1C1(O)CC(C(C)C)C1. The van der Waals surface area contributed by atoms with Gasteiger partial charge in [-0.1, -0.05) is 13.8 Å². The Morgan fingerprint density at radius 2 is 2.14 bits per heavy atom. The second kappa shape index (κ2) is 3.35. The molecule has 1 aliphatic rings. The Bertz CT molecular complexity index is 321. The van der Waals surface area contributed by atoms with Crippen molar-refractivity contribution < 1.29 is 5.11 Å². The monoisotopic (exact) mass is 210 g/mol. The average Bonchev–Trinajstić information content (AvgIpc) is 2.45. The van der Waals surface area contributed by atoms with Crippen LogP contribution < -0.4 is 0 Å². The second-order valence-electron chi connectivity index (χ2n) is 4.88. The molecule has 1 aromatic heterocycles. The first-order valence-corrected chi connectivity index (χ1v) is 6.18. The van der Waals surface area contributed by atoms with Gasteiger partial charge in [0, 0.05) is 4.88 Å². The summed E-state index contributed by atoms with van der Waals surface area (Å²) in [7, 11) is 0. The van der Waals surface area contributed by atoms with Crippen LogP contribution in [-0.2, 0) is 5.60 Å². The maximum Gasteiger partial charge on any atom is 0.0996 e. The molecule has 0 amide bonds. The highest BCUT2D eigenvalue weighted by Gasteiger charge is 2.46. The van der Waals surface area contributed by atoms with E-state index in [9.17, 15) is 5.11 Å². The van der Waals surface area contributed by atoms with Crippen LogP contribution >= 0.6 is 11.3 Å². The van der Waals surface area contributed by atoms with Crippen LogP contribution in [0.3, 0.4) is 0 Å². The molecule has 0 spiro atoms. The molecule has 1 fully saturated rings. The first-order valence-electron chi connectivity index (χ1n) is 5.30. The van der Waals surface area contributed by atoms with Crippen LogP contribution in [-0.4, -0.2) is 5.11 Å². The van der Waals surface area contributed by atoms with Crippen molar-refractivity contribution in [3.63, 3.8) is 0 Å². The molecule has 0 aliphatic heterocycles. The standard InChI is InChI=1S/C12H18OS/c1-8(2)10-6-12(13,7-10)11-9(3)4-5-14-11/h4-5,8,10,13H,6-7H2,1-3H3. The Morgan fingerprint density at radius 1 is 1.50 bits per heavy atom. The van der Waals surface area contributed by atoms with Gasteiger partial charge >= 0.3 is 0 Å². The van der Waals surface area contributed by atoms with Crippen molar-refractivity contribution in [2.24, 2.45) is 11.8 Å². The molecule has 0 radical (unpaired) electrons. The summed E-state index contributed by atoms with van der Waals surface area (Å²) in [5, 5.41) is 12.5. The second-order valence-corrected chi connectivity index (χ2v) is 5.79. The van der Waals surface area contributed by atoms with Gasteiger partial charge in [0.2, 0.25) is 0 Å². The fourth-order valence-corrected chi connectivity index (χ4v) is 3.36. The van der Waals surface area contributed by atoms with Crippen LogP contribution in [0.4, 0.5) is 0 Å². The van der Waals surface area contributed by atoms with Gasteiger partial charge in [-0.25, -0.2) is 0 Å². The molecular formula is C12H18OS. The van der Waals surface area contributed by atoms with Crippen LogP contribution in [0.1, 0.15) is 37.1 Å². The third kappa shape index (κ3) is 1.51. The normalized spacial score (nSPS) is 31.9. The highest BCUT2D eigenvalue weighted by Crippen LogP contribution is 2.50. The molecule has 0 saturated heterocycles. The van der Waals surface area contributed by atoms with Gasteiger partial charge in [-0.15, -0.1) is 11.3 Å². The molecule has 2 rings (SSSR count). The summed E-state index contributed by atoms with van der Waals surface area (Å²) in [5.41, 5.74) is 0.757. The molecule has 1 aromatic rings. The van der Waals surface area contributed by atoms with Crippen molar-refractivity contribution in [2.75, 3.05) is 0 Å². The van der Waals surface area contributed by atoms with Gasteiger partial charge in [0.1, 0.15) is 0 Å². The van der Waals surface area contributed by atoms with E-state index in [1.807, 2.05) is 0 Å². The molecule has 1 heterocycles. The summed E-state index contributed by atoms with van der Waals surface area (Å²) in [5.74, 6) is 1.41. The van der Waals surface area contributed by atoms with Gasteiger partial charge in [-0.2, -0.15) is 0 Å². The first kappa shape index (κ1) is 10.2. The lowest BCUT2D eigenvalue weighted by atomic mass is 9.65. The minimum atomic E-state index is -0.493. The maximum atomic E-state index is 10.4. The van der Waals surface area contributed by atoms with E-state index >= 15 is 0 Å². The molecular weight excluding hydrogens is 192 g/mol. The summed E-state index contributed by atoms with van der Waals surface area (Å²) in [4.78, 5) is 1.19. The number of aryl methyl sites for hydroxylation is 1. The van der Waals surface area contributed by atoms with Crippen molar-refractivity contribution in [2.45, 2.75) is 39.2 Å². The lowest BCUT2D eigenvalue weighted by molar-refractivity contribution is -0.0909. The van der Waals surface area contributed by atoms with Crippen LogP contribution in [0.25, 0.3) is 0 Å². The fraction of sp³-hybridized carbons (Fsp3) is 0.667. The topological polar surface area (TPSA) is 20.2 Å². The molecule has 2 heteroatoms. The molecule has 0 atom stereocenters. The van der Waals surface area contributed by atoms with Crippen molar-refractivity contribution in [1.29, 1.82) is 0 Å². The molecule has 1 N–H and O–H groups in total. The van der Waals surface area contributed by atoms with E-state index in [0.29, 0.717) is 11.8 Å². The van der Waals surface area contributed by atoms with E-state index in [0.717, 1.165) is 12.8 Å². The largest absolute Gasteiger partial charge is 0.384 e. The number of hydrogen-bond donors (Lipinski definition) is 1. The minimum Gasteiger partial charge on any atom is -0.384 e. The van der Waals surface area contributed by atoms with Gasteiger partial charge < -0.3 is 5.11 Å². The molecule has 0 aromatic carbocycles. The highest BCUT2D eigenvalue weighted by atomic mass is 32.1. The van der Waals surface area contributed by atoms with Crippen LogP contribution in [0.15, 0.2) is 11.4 Å². The molecule has 0 bridgehead atoms. The predicted octanol–water partition coefficient (Wildman–Crippen LogP) is 3.31. The number of thiophene rings is 1. The summed E-state index contributed by atoms with van der Waals surface area (Å²) in [6, 6.07) is 2.10. The lowest BCUT2D eigenvalue weighted by Gasteiger charge is -2.45. The van der Waals surface area contributed by atoms with Crippen molar-refractivity contribution in [3.05, 3.63) is 21.9 Å². The lowest BCUT2D eigenvalue weighted by Crippen LogP contribution is -2.42. The Kier molecular flexibility index (Phi) is 2.44. The Balaban J connectivity index is 2.11. The molecule has 14 heavy (non-hydrogen) atoms. The number of aliphatic hydroxyl groups is 1. The summed E-state index contributed by atoms with van der Waals surface area (Å²) < 4.78 is 0. The fourth-order valence-electron chi connectivity index (χ4n) is 2.31. The number of hydrogen-bond acceptors (Lipinski definition) is 2. The third-order valence-electron chi connectivity index (χ3n) is 3.43.